The Morgan fingerprint density at radius 2 is 1.79 bits per heavy atom. The molecular weight excluding hydrogens is 285 g/mol. The summed E-state index contributed by atoms with van der Waals surface area (Å²) in [5, 5.41) is 10.3. The van der Waals surface area contributed by atoms with E-state index in [0.29, 0.717) is 27.2 Å². The zero-order chi connectivity index (χ0) is 14.0. The number of hydrogen-bond donors (Lipinski definition) is 1. The van der Waals surface area contributed by atoms with Crippen molar-refractivity contribution in [3.63, 3.8) is 0 Å². The fourth-order valence-corrected chi connectivity index (χ4v) is 2.29. The predicted molar refractivity (Wildman–Crippen MR) is 76.2 cm³/mol. The number of aliphatic hydroxyl groups excluding tert-OH is 1. The Labute approximate surface area is 121 Å². The lowest BCUT2D eigenvalue weighted by Crippen LogP contribution is -1.95. The van der Waals surface area contributed by atoms with Crippen molar-refractivity contribution in [2.75, 3.05) is 0 Å². The van der Waals surface area contributed by atoms with Crippen molar-refractivity contribution < 1.29 is 9.84 Å². The van der Waals surface area contributed by atoms with Gasteiger partial charge in [0.25, 0.3) is 0 Å². The first-order valence-corrected chi connectivity index (χ1v) is 6.46. The first-order valence-electron chi connectivity index (χ1n) is 5.71. The molecule has 1 N–H and O–H groups in total. The van der Waals surface area contributed by atoms with Gasteiger partial charge in [-0.2, -0.15) is 0 Å². The van der Waals surface area contributed by atoms with Crippen LogP contribution in [-0.4, -0.2) is 10.1 Å². The number of aliphatic hydroxyl groups is 1. The van der Waals surface area contributed by atoms with Gasteiger partial charge in [0.15, 0.2) is 0 Å². The molecule has 0 spiro atoms. The Kier molecular flexibility index (Phi) is 4.30. The minimum atomic E-state index is -0.156. The van der Waals surface area contributed by atoms with Crippen molar-refractivity contribution in [1.29, 1.82) is 0 Å². The summed E-state index contributed by atoms with van der Waals surface area (Å²) >= 11 is 11.9. The molecule has 0 bridgehead atoms. The summed E-state index contributed by atoms with van der Waals surface area (Å²) in [6, 6.07) is 5.27. The standard InChI is InChI=1S/C14H13Cl2NO2/c1-8-3-11(15)4-9(2)14(8)19-13-5-10(7-18)12(16)6-17-13/h3-6,18H,7H2,1-2H3. The molecule has 0 fully saturated rings. The molecule has 0 aliphatic carbocycles. The van der Waals surface area contributed by atoms with Crippen LogP contribution in [0.3, 0.4) is 0 Å². The lowest BCUT2D eigenvalue weighted by Gasteiger charge is -2.12. The second-order valence-electron chi connectivity index (χ2n) is 4.24. The molecule has 1 aromatic heterocycles. The smallest absolute Gasteiger partial charge is 0.219 e. The SMILES string of the molecule is Cc1cc(Cl)cc(C)c1Oc1cc(CO)c(Cl)cn1. The molecule has 0 aliphatic rings. The summed E-state index contributed by atoms with van der Waals surface area (Å²) in [5.74, 6) is 1.10. The van der Waals surface area contributed by atoms with Crippen LogP contribution in [0.1, 0.15) is 16.7 Å². The number of nitrogens with zero attached hydrogens (tertiary/aromatic N) is 1. The van der Waals surface area contributed by atoms with Gasteiger partial charge in [-0.1, -0.05) is 23.2 Å². The van der Waals surface area contributed by atoms with E-state index in [9.17, 15) is 0 Å². The zero-order valence-corrected chi connectivity index (χ0v) is 12.1. The normalized spacial score (nSPS) is 10.6. The molecule has 5 heteroatoms. The molecule has 0 saturated heterocycles. The van der Waals surface area contributed by atoms with E-state index in [4.69, 9.17) is 33.0 Å². The van der Waals surface area contributed by atoms with E-state index in [1.807, 2.05) is 26.0 Å². The van der Waals surface area contributed by atoms with Crippen molar-refractivity contribution in [2.45, 2.75) is 20.5 Å². The summed E-state index contributed by atoms with van der Waals surface area (Å²) in [4.78, 5) is 4.09. The van der Waals surface area contributed by atoms with Gasteiger partial charge in [-0.3, -0.25) is 0 Å². The number of aromatic nitrogens is 1. The number of aryl methyl sites for hydroxylation is 2. The molecule has 0 amide bonds. The quantitative estimate of drug-likeness (QED) is 0.919. The van der Waals surface area contributed by atoms with E-state index in [2.05, 4.69) is 4.98 Å². The van der Waals surface area contributed by atoms with Crippen LogP contribution < -0.4 is 4.74 Å². The maximum atomic E-state index is 9.17. The van der Waals surface area contributed by atoms with Crippen LogP contribution in [0.15, 0.2) is 24.4 Å². The fourth-order valence-electron chi connectivity index (χ4n) is 1.80. The van der Waals surface area contributed by atoms with E-state index < -0.39 is 0 Å². The number of hydrogen-bond acceptors (Lipinski definition) is 3. The van der Waals surface area contributed by atoms with Crippen molar-refractivity contribution in [1.82, 2.24) is 4.98 Å². The Morgan fingerprint density at radius 1 is 1.16 bits per heavy atom. The Bertz CT molecular complexity index is 591. The minimum absolute atomic E-state index is 0.156. The average Bonchev–Trinajstić information content (AvgIpc) is 2.35. The average molecular weight is 298 g/mol. The number of rotatable bonds is 3. The molecule has 2 rings (SSSR count). The maximum absolute atomic E-state index is 9.17. The van der Waals surface area contributed by atoms with Gasteiger partial charge in [-0.25, -0.2) is 4.98 Å². The van der Waals surface area contributed by atoms with Crippen LogP contribution in [0.5, 0.6) is 11.6 Å². The van der Waals surface area contributed by atoms with E-state index in [1.54, 1.807) is 6.07 Å². The topological polar surface area (TPSA) is 42.4 Å². The highest BCUT2D eigenvalue weighted by molar-refractivity contribution is 6.31. The highest BCUT2D eigenvalue weighted by atomic mass is 35.5. The third-order valence-corrected chi connectivity index (χ3v) is 3.27. The summed E-state index contributed by atoms with van der Waals surface area (Å²) in [7, 11) is 0. The highest BCUT2D eigenvalue weighted by Crippen LogP contribution is 2.31. The monoisotopic (exact) mass is 297 g/mol. The number of halogens is 2. The molecule has 0 saturated carbocycles. The first-order chi connectivity index (χ1) is 9.01. The number of pyridine rings is 1. The fraction of sp³-hybridized carbons (Fsp3) is 0.214. The molecule has 1 heterocycles. The third-order valence-electron chi connectivity index (χ3n) is 2.71. The van der Waals surface area contributed by atoms with Crippen LogP contribution in [0.2, 0.25) is 10.0 Å². The number of ether oxygens (including phenoxy) is 1. The molecule has 0 atom stereocenters. The Morgan fingerprint density at radius 3 is 2.37 bits per heavy atom. The highest BCUT2D eigenvalue weighted by Gasteiger charge is 2.09. The lowest BCUT2D eigenvalue weighted by molar-refractivity contribution is 0.281. The third kappa shape index (κ3) is 3.18. The molecule has 19 heavy (non-hydrogen) atoms. The van der Waals surface area contributed by atoms with Crippen LogP contribution in [0.4, 0.5) is 0 Å². The van der Waals surface area contributed by atoms with E-state index in [-0.39, 0.29) is 6.61 Å². The zero-order valence-electron chi connectivity index (χ0n) is 10.6. The summed E-state index contributed by atoms with van der Waals surface area (Å²) in [6.07, 6.45) is 1.46. The lowest BCUT2D eigenvalue weighted by atomic mass is 10.1. The molecule has 100 valence electrons. The van der Waals surface area contributed by atoms with Gasteiger partial charge in [0.05, 0.1) is 11.6 Å². The van der Waals surface area contributed by atoms with Gasteiger partial charge in [-0.05, 0) is 37.1 Å². The van der Waals surface area contributed by atoms with Gasteiger partial charge in [0, 0.05) is 22.8 Å². The van der Waals surface area contributed by atoms with Gasteiger partial charge in [-0.15, -0.1) is 0 Å². The van der Waals surface area contributed by atoms with Gasteiger partial charge >= 0.3 is 0 Å². The summed E-state index contributed by atoms with van der Waals surface area (Å²) < 4.78 is 5.75. The first kappa shape index (κ1) is 14.1. The van der Waals surface area contributed by atoms with E-state index >= 15 is 0 Å². The second kappa shape index (κ2) is 5.78. The Hall–Kier alpha value is -1.29. The molecule has 1 aromatic carbocycles. The van der Waals surface area contributed by atoms with Crippen molar-refractivity contribution in [3.05, 3.63) is 51.1 Å². The minimum Gasteiger partial charge on any atom is -0.438 e. The van der Waals surface area contributed by atoms with Crippen molar-refractivity contribution in [3.8, 4) is 11.6 Å². The molecule has 0 aliphatic heterocycles. The largest absolute Gasteiger partial charge is 0.438 e. The second-order valence-corrected chi connectivity index (χ2v) is 5.09. The van der Waals surface area contributed by atoms with Gasteiger partial charge in [0.2, 0.25) is 5.88 Å². The molecular formula is C14H13Cl2NO2. The van der Waals surface area contributed by atoms with Crippen molar-refractivity contribution in [2.24, 2.45) is 0 Å². The van der Waals surface area contributed by atoms with Gasteiger partial charge in [0.1, 0.15) is 5.75 Å². The van der Waals surface area contributed by atoms with E-state index in [0.717, 1.165) is 11.1 Å². The van der Waals surface area contributed by atoms with Gasteiger partial charge < -0.3 is 9.84 Å². The number of benzene rings is 1. The molecule has 0 unspecified atom stereocenters. The van der Waals surface area contributed by atoms with Crippen LogP contribution >= 0.6 is 23.2 Å². The molecule has 2 aromatic rings. The molecule has 0 radical (unpaired) electrons. The van der Waals surface area contributed by atoms with Crippen LogP contribution in [0.25, 0.3) is 0 Å². The van der Waals surface area contributed by atoms with E-state index in [1.165, 1.54) is 6.20 Å². The summed E-state index contributed by atoms with van der Waals surface area (Å²) in [5.41, 5.74) is 2.43. The summed E-state index contributed by atoms with van der Waals surface area (Å²) in [6.45, 7) is 3.67. The predicted octanol–water partition coefficient (Wildman–Crippen LogP) is 4.29. The van der Waals surface area contributed by atoms with Crippen LogP contribution in [-0.2, 0) is 6.61 Å². The molecule has 3 nitrogen and oxygen atoms in total. The van der Waals surface area contributed by atoms with Crippen molar-refractivity contribution >= 4 is 23.2 Å². The van der Waals surface area contributed by atoms with Crippen LogP contribution in [0, 0.1) is 13.8 Å². The Balaban J connectivity index is 2.36. The maximum Gasteiger partial charge on any atom is 0.219 e.